The number of alkyl halides is 3. The van der Waals surface area contributed by atoms with Crippen molar-refractivity contribution >= 4 is 16.8 Å². The third-order valence-electron chi connectivity index (χ3n) is 2.70. The number of rotatable bonds is 2. The molecule has 0 atom stereocenters. The second kappa shape index (κ2) is 4.53. The first kappa shape index (κ1) is 13.3. The van der Waals surface area contributed by atoms with Gasteiger partial charge in [0.05, 0.1) is 11.9 Å². The largest absolute Gasteiger partial charge is 0.433 e. The second-order valence-electron chi connectivity index (χ2n) is 4.33. The first-order valence-corrected chi connectivity index (χ1v) is 5.53. The fourth-order valence-corrected chi connectivity index (χ4v) is 1.89. The summed E-state index contributed by atoms with van der Waals surface area (Å²) in [5, 5.41) is 0.520. The monoisotopic (exact) mass is 268 g/mol. The summed E-state index contributed by atoms with van der Waals surface area (Å²) in [5.74, 6) is -0.679. The molecule has 0 fully saturated rings. The maximum absolute atomic E-state index is 12.7. The van der Waals surface area contributed by atoms with Crippen LogP contribution in [0.2, 0.25) is 0 Å². The van der Waals surface area contributed by atoms with Crippen molar-refractivity contribution in [2.75, 3.05) is 0 Å². The SMILES string of the molecule is Cc1ccc2nc(C(F)(F)F)cc(CC(N)=O)c2c1. The number of benzene rings is 1. The standard InChI is InChI=1S/C13H11F3N2O/c1-7-2-3-10-9(4-7)8(6-12(17)19)5-11(18-10)13(14,15)16/h2-5H,6H2,1H3,(H2,17,19). The van der Waals surface area contributed by atoms with Crippen LogP contribution in [0.15, 0.2) is 24.3 Å². The molecule has 2 aromatic rings. The number of hydrogen-bond acceptors (Lipinski definition) is 2. The molecule has 1 heterocycles. The van der Waals surface area contributed by atoms with Gasteiger partial charge in [0.1, 0.15) is 5.69 Å². The first-order chi connectivity index (χ1) is 8.77. The third kappa shape index (κ3) is 2.83. The lowest BCUT2D eigenvalue weighted by atomic mass is 10.0. The average Bonchev–Trinajstić information content (AvgIpc) is 2.27. The minimum atomic E-state index is -4.55. The fraction of sp³-hybridized carbons (Fsp3) is 0.231. The van der Waals surface area contributed by atoms with Gasteiger partial charge in [-0.1, -0.05) is 11.6 Å². The van der Waals surface area contributed by atoms with Gasteiger partial charge in [0.15, 0.2) is 0 Å². The maximum atomic E-state index is 12.7. The van der Waals surface area contributed by atoms with Gasteiger partial charge in [0.25, 0.3) is 0 Å². The van der Waals surface area contributed by atoms with Gasteiger partial charge in [0.2, 0.25) is 5.91 Å². The maximum Gasteiger partial charge on any atom is 0.433 e. The zero-order valence-electron chi connectivity index (χ0n) is 10.1. The molecule has 3 nitrogen and oxygen atoms in total. The van der Waals surface area contributed by atoms with Gasteiger partial charge in [-0.2, -0.15) is 13.2 Å². The van der Waals surface area contributed by atoms with Gasteiger partial charge in [-0.15, -0.1) is 0 Å². The highest BCUT2D eigenvalue weighted by Crippen LogP contribution is 2.31. The van der Waals surface area contributed by atoms with Gasteiger partial charge < -0.3 is 5.73 Å². The average molecular weight is 268 g/mol. The third-order valence-corrected chi connectivity index (χ3v) is 2.70. The number of hydrogen-bond donors (Lipinski definition) is 1. The molecular formula is C13H11F3N2O. The Morgan fingerprint density at radius 2 is 2.00 bits per heavy atom. The zero-order chi connectivity index (χ0) is 14.2. The van der Waals surface area contributed by atoms with E-state index in [1.807, 2.05) is 6.92 Å². The first-order valence-electron chi connectivity index (χ1n) is 5.53. The Kier molecular flexibility index (Phi) is 3.18. The highest BCUT2D eigenvalue weighted by Gasteiger charge is 2.33. The number of nitrogens with zero attached hydrogens (tertiary/aromatic N) is 1. The molecule has 0 spiro atoms. The Morgan fingerprint density at radius 3 is 2.58 bits per heavy atom. The lowest BCUT2D eigenvalue weighted by molar-refractivity contribution is -0.141. The van der Waals surface area contributed by atoms with E-state index in [0.717, 1.165) is 11.6 Å². The summed E-state index contributed by atoms with van der Waals surface area (Å²) in [6, 6.07) is 5.75. The van der Waals surface area contributed by atoms with Crippen LogP contribution in [0.3, 0.4) is 0 Å². The van der Waals surface area contributed by atoms with Crippen LogP contribution in [0.4, 0.5) is 13.2 Å². The summed E-state index contributed by atoms with van der Waals surface area (Å²) >= 11 is 0. The molecule has 0 aliphatic carbocycles. The Hall–Kier alpha value is -2.11. The summed E-state index contributed by atoms with van der Waals surface area (Å²) in [6.45, 7) is 1.81. The number of primary amides is 1. The van der Waals surface area contributed by atoms with Crippen LogP contribution >= 0.6 is 0 Å². The molecule has 6 heteroatoms. The van der Waals surface area contributed by atoms with Crippen LogP contribution in [-0.4, -0.2) is 10.9 Å². The van der Waals surface area contributed by atoms with E-state index in [1.165, 1.54) is 6.07 Å². The van der Waals surface area contributed by atoms with Crippen LogP contribution in [-0.2, 0) is 17.4 Å². The van der Waals surface area contributed by atoms with Crippen LogP contribution in [0.25, 0.3) is 10.9 Å². The minimum Gasteiger partial charge on any atom is -0.369 e. The van der Waals surface area contributed by atoms with E-state index < -0.39 is 17.8 Å². The molecule has 19 heavy (non-hydrogen) atoms. The van der Waals surface area contributed by atoms with Crippen molar-refractivity contribution in [2.45, 2.75) is 19.5 Å². The van der Waals surface area contributed by atoms with Gasteiger partial charge >= 0.3 is 6.18 Å². The number of nitrogens with two attached hydrogens (primary N) is 1. The molecule has 0 radical (unpaired) electrons. The molecule has 0 aliphatic heterocycles. The van der Waals surface area contributed by atoms with Crippen molar-refractivity contribution < 1.29 is 18.0 Å². The van der Waals surface area contributed by atoms with E-state index in [-0.39, 0.29) is 17.5 Å². The van der Waals surface area contributed by atoms with Crippen LogP contribution in [0.1, 0.15) is 16.8 Å². The second-order valence-corrected chi connectivity index (χ2v) is 4.33. The number of aromatic nitrogens is 1. The lowest BCUT2D eigenvalue weighted by Crippen LogP contribution is -2.16. The number of aryl methyl sites for hydroxylation is 1. The fourth-order valence-electron chi connectivity index (χ4n) is 1.89. The molecule has 1 amide bonds. The van der Waals surface area contributed by atoms with Gasteiger partial charge in [0, 0.05) is 5.39 Å². The highest BCUT2D eigenvalue weighted by molar-refractivity contribution is 5.88. The van der Waals surface area contributed by atoms with Crippen LogP contribution < -0.4 is 5.73 Å². The number of carbonyl (C=O) groups is 1. The van der Waals surface area contributed by atoms with Crippen molar-refractivity contribution in [1.29, 1.82) is 0 Å². The summed E-state index contributed by atoms with van der Waals surface area (Å²) in [4.78, 5) is 14.6. The number of carbonyl (C=O) groups excluding carboxylic acids is 1. The van der Waals surface area contributed by atoms with Gasteiger partial charge in [-0.3, -0.25) is 4.79 Å². The molecule has 0 aliphatic rings. The molecule has 1 aromatic heterocycles. The number of amides is 1. The normalized spacial score (nSPS) is 11.8. The molecular weight excluding hydrogens is 257 g/mol. The van der Waals surface area contributed by atoms with E-state index in [4.69, 9.17) is 5.73 Å². The van der Waals surface area contributed by atoms with Gasteiger partial charge in [-0.05, 0) is 30.7 Å². The summed E-state index contributed by atoms with van der Waals surface area (Å²) in [5.41, 5.74) is 5.38. The highest BCUT2D eigenvalue weighted by atomic mass is 19.4. The zero-order valence-corrected chi connectivity index (χ0v) is 10.1. The molecule has 0 unspecified atom stereocenters. The lowest BCUT2D eigenvalue weighted by Gasteiger charge is -2.11. The Bertz CT molecular complexity index is 650. The van der Waals surface area contributed by atoms with Crippen molar-refractivity contribution in [3.63, 3.8) is 0 Å². The Labute approximate surface area is 107 Å². The predicted octanol–water partition coefficient (Wildman–Crippen LogP) is 2.59. The summed E-state index contributed by atoms with van der Waals surface area (Å²) in [6.07, 6.45) is -4.79. The molecule has 0 bridgehead atoms. The topological polar surface area (TPSA) is 56.0 Å². The van der Waals surface area contributed by atoms with Crippen LogP contribution in [0.5, 0.6) is 0 Å². The Balaban J connectivity index is 2.72. The molecule has 100 valence electrons. The molecule has 0 saturated heterocycles. The smallest absolute Gasteiger partial charge is 0.369 e. The number of pyridine rings is 1. The molecule has 2 rings (SSSR count). The molecule has 2 N–H and O–H groups in total. The van der Waals surface area contributed by atoms with E-state index in [1.54, 1.807) is 12.1 Å². The van der Waals surface area contributed by atoms with E-state index in [0.29, 0.717) is 5.39 Å². The quantitative estimate of drug-likeness (QED) is 0.910. The van der Waals surface area contributed by atoms with E-state index in [2.05, 4.69) is 4.98 Å². The van der Waals surface area contributed by atoms with Crippen molar-refractivity contribution in [1.82, 2.24) is 4.98 Å². The van der Waals surface area contributed by atoms with Gasteiger partial charge in [-0.25, -0.2) is 4.98 Å². The number of fused-ring (bicyclic) bond motifs is 1. The van der Waals surface area contributed by atoms with Crippen molar-refractivity contribution in [3.05, 3.63) is 41.1 Å². The van der Waals surface area contributed by atoms with Crippen molar-refractivity contribution in [3.8, 4) is 0 Å². The van der Waals surface area contributed by atoms with E-state index >= 15 is 0 Å². The summed E-state index contributed by atoms with van der Waals surface area (Å²) in [7, 11) is 0. The molecule has 1 aromatic carbocycles. The Morgan fingerprint density at radius 1 is 1.32 bits per heavy atom. The van der Waals surface area contributed by atoms with Crippen LogP contribution in [0, 0.1) is 6.92 Å². The van der Waals surface area contributed by atoms with E-state index in [9.17, 15) is 18.0 Å². The minimum absolute atomic E-state index is 0.205. The molecule has 0 saturated carbocycles. The summed E-state index contributed by atoms with van der Waals surface area (Å²) < 4.78 is 38.2. The number of halogens is 3. The predicted molar refractivity (Wildman–Crippen MR) is 64.4 cm³/mol. The van der Waals surface area contributed by atoms with Crippen molar-refractivity contribution in [2.24, 2.45) is 5.73 Å².